The molecule has 0 spiro atoms. The van der Waals surface area contributed by atoms with Crippen LogP contribution in [0.15, 0.2) is 18.3 Å². The van der Waals surface area contributed by atoms with Gasteiger partial charge >= 0.3 is 0 Å². The Balaban J connectivity index is 0.00000180. The minimum absolute atomic E-state index is 0. The molecule has 2 unspecified atom stereocenters. The third kappa shape index (κ3) is 4.39. The lowest BCUT2D eigenvalue weighted by Gasteiger charge is -2.28. The molecule has 106 valence electrons. The number of pyridine rings is 1. The van der Waals surface area contributed by atoms with E-state index in [2.05, 4.69) is 17.2 Å². The highest BCUT2D eigenvalue weighted by atomic mass is 35.5. The zero-order valence-corrected chi connectivity index (χ0v) is 12.1. The summed E-state index contributed by atoms with van der Waals surface area (Å²) in [6.07, 6.45) is 6.62. The Bertz CT molecular complexity index is 408. The summed E-state index contributed by atoms with van der Waals surface area (Å²) >= 11 is 0. The lowest BCUT2D eigenvalue weighted by atomic mass is 9.80. The van der Waals surface area contributed by atoms with Crippen molar-refractivity contribution in [1.29, 1.82) is 0 Å². The van der Waals surface area contributed by atoms with Crippen molar-refractivity contribution in [3.05, 3.63) is 24.0 Å². The number of carbonyl (C=O) groups excluding carboxylic acids is 1. The SMILES string of the molecule is CC1CCCCC1CNC(=O)c1ccc(N)cn1.Cl. The third-order valence-corrected chi connectivity index (χ3v) is 3.83. The van der Waals surface area contributed by atoms with Crippen LogP contribution in [0, 0.1) is 11.8 Å². The smallest absolute Gasteiger partial charge is 0.269 e. The van der Waals surface area contributed by atoms with Crippen molar-refractivity contribution in [3.8, 4) is 0 Å². The van der Waals surface area contributed by atoms with E-state index in [0.29, 0.717) is 23.2 Å². The molecule has 1 saturated carbocycles. The van der Waals surface area contributed by atoms with E-state index in [-0.39, 0.29) is 18.3 Å². The zero-order valence-electron chi connectivity index (χ0n) is 11.3. The minimum Gasteiger partial charge on any atom is -0.397 e. The van der Waals surface area contributed by atoms with Crippen LogP contribution in [0.25, 0.3) is 0 Å². The second kappa shape index (κ2) is 7.34. The Morgan fingerprint density at radius 2 is 2.16 bits per heavy atom. The fourth-order valence-electron chi connectivity index (χ4n) is 2.55. The number of nitrogens with zero attached hydrogens (tertiary/aromatic N) is 1. The van der Waals surface area contributed by atoms with Crippen molar-refractivity contribution in [1.82, 2.24) is 10.3 Å². The number of nitrogens with one attached hydrogen (secondary N) is 1. The van der Waals surface area contributed by atoms with Gasteiger partial charge in [-0.3, -0.25) is 4.79 Å². The van der Waals surface area contributed by atoms with Crippen LogP contribution < -0.4 is 11.1 Å². The largest absolute Gasteiger partial charge is 0.397 e. The molecule has 4 nitrogen and oxygen atoms in total. The molecule has 1 aliphatic carbocycles. The van der Waals surface area contributed by atoms with Gasteiger partial charge in [-0.25, -0.2) is 4.98 Å². The second-order valence-corrected chi connectivity index (χ2v) is 5.21. The number of aromatic nitrogens is 1. The van der Waals surface area contributed by atoms with E-state index in [4.69, 9.17) is 5.73 Å². The van der Waals surface area contributed by atoms with Gasteiger partial charge in [-0.05, 0) is 30.4 Å². The van der Waals surface area contributed by atoms with Crippen LogP contribution in [0.1, 0.15) is 43.1 Å². The van der Waals surface area contributed by atoms with Gasteiger partial charge in [0, 0.05) is 6.54 Å². The van der Waals surface area contributed by atoms with E-state index in [1.807, 2.05) is 0 Å². The maximum atomic E-state index is 11.9. The Morgan fingerprint density at radius 1 is 1.42 bits per heavy atom. The molecule has 1 aromatic rings. The molecular weight excluding hydrogens is 262 g/mol. The van der Waals surface area contributed by atoms with E-state index in [1.54, 1.807) is 12.1 Å². The Morgan fingerprint density at radius 3 is 2.79 bits per heavy atom. The summed E-state index contributed by atoms with van der Waals surface area (Å²) in [5, 5.41) is 2.98. The molecule has 2 atom stereocenters. The molecule has 0 aliphatic heterocycles. The third-order valence-electron chi connectivity index (χ3n) is 3.83. The summed E-state index contributed by atoms with van der Waals surface area (Å²) in [6.45, 7) is 3.03. The van der Waals surface area contributed by atoms with E-state index < -0.39 is 0 Å². The molecule has 5 heteroatoms. The summed E-state index contributed by atoms with van der Waals surface area (Å²) in [5.41, 5.74) is 6.56. The van der Waals surface area contributed by atoms with Gasteiger partial charge in [0.1, 0.15) is 5.69 Å². The van der Waals surface area contributed by atoms with Crippen molar-refractivity contribution in [2.75, 3.05) is 12.3 Å². The lowest BCUT2D eigenvalue weighted by molar-refractivity contribution is 0.0931. The van der Waals surface area contributed by atoms with Gasteiger partial charge in [0.2, 0.25) is 0 Å². The predicted octanol–water partition coefficient (Wildman–Crippen LogP) is 2.64. The van der Waals surface area contributed by atoms with Gasteiger partial charge < -0.3 is 11.1 Å². The standard InChI is InChI=1S/C14H21N3O.ClH/c1-10-4-2-3-5-11(10)8-17-14(18)13-7-6-12(15)9-16-13;/h6-7,9-11H,2-5,8,15H2,1H3,(H,17,18);1H. The van der Waals surface area contributed by atoms with E-state index >= 15 is 0 Å². The monoisotopic (exact) mass is 283 g/mol. The molecule has 2 rings (SSSR count). The predicted molar refractivity (Wildman–Crippen MR) is 79.4 cm³/mol. The number of amides is 1. The number of carbonyl (C=O) groups is 1. The molecule has 1 heterocycles. The average Bonchev–Trinajstić information content (AvgIpc) is 2.38. The van der Waals surface area contributed by atoms with Crippen LogP contribution in [0.2, 0.25) is 0 Å². The molecule has 1 fully saturated rings. The van der Waals surface area contributed by atoms with Gasteiger partial charge in [-0.1, -0.05) is 26.2 Å². The summed E-state index contributed by atoms with van der Waals surface area (Å²) in [4.78, 5) is 15.9. The first-order chi connectivity index (χ1) is 8.66. The highest BCUT2D eigenvalue weighted by Crippen LogP contribution is 2.28. The molecule has 19 heavy (non-hydrogen) atoms. The summed E-state index contributed by atoms with van der Waals surface area (Å²) < 4.78 is 0. The first-order valence-corrected chi connectivity index (χ1v) is 6.66. The van der Waals surface area contributed by atoms with Crippen molar-refractivity contribution in [2.24, 2.45) is 11.8 Å². The molecule has 3 N–H and O–H groups in total. The quantitative estimate of drug-likeness (QED) is 0.896. The molecule has 0 radical (unpaired) electrons. The van der Waals surface area contributed by atoms with Crippen LogP contribution in [0.4, 0.5) is 5.69 Å². The maximum Gasteiger partial charge on any atom is 0.269 e. The molecule has 0 saturated heterocycles. The van der Waals surface area contributed by atoms with Crippen molar-refractivity contribution >= 4 is 24.0 Å². The fourth-order valence-corrected chi connectivity index (χ4v) is 2.55. The van der Waals surface area contributed by atoms with E-state index in [9.17, 15) is 4.79 Å². The van der Waals surface area contributed by atoms with Gasteiger partial charge in [0.05, 0.1) is 11.9 Å². The number of halogens is 1. The number of nitrogen functional groups attached to an aromatic ring is 1. The highest BCUT2D eigenvalue weighted by molar-refractivity contribution is 5.92. The molecule has 1 aliphatic rings. The van der Waals surface area contributed by atoms with Gasteiger partial charge in [0.15, 0.2) is 0 Å². The Labute approximate surface area is 120 Å². The fraction of sp³-hybridized carbons (Fsp3) is 0.571. The summed E-state index contributed by atoms with van der Waals surface area (Å²) in [7, 11) is 0. The summed E-state index contributed by atoms with van der Waals surface area (Å²) in [6, 6.07) is 3.36. The average molecular weight is 284 g/mol. The van der Waals surface area contributed by atoms with E-state index in [0.717, 1.165) is 6.54 Å². The molecule has 1 aromatic heterocycles. The van der Waals surface area contributed by atoms with Gasteiger partial charge in [-0.15, -0.1) is 12.4 Å². The van der Waals surface area contributed by atoms with Gasteiger partial charge in [0.25, 0.3) is 5.91 Å². The van der Waals surface area contributed by atoms with Crippen LogP contribution in [0.3, 0.4) is 0 Å². The zero-order chi connectivity index (χ0) is 13.0. The lowest BCUT2D eigenvalue weighted by Crippen LogP contribution is -2.33. The first kappa shape index (κ1) is 15.8. The minimum atomic E-state index is -0.104. The first-order valence-electron chi connectivity index (χ1n) is 6.66. The van der Waals surface area contributed by atoms with Crippen molar-refractivity contribution in [3.63, 3.8) is 0 Å². The van der Waals surface area contributed by atoms with Crippen LogP contribution in [0.5, 0.6) is 0 Å². The molecule has 1 amide bonds. The van der Waals surface area contributed by atoms with Crippen molar-refractivity contribution < 1.29 is 4.79 Å². The topological polar surface area (TPSA) is 68.0 Å². The Hall–Kier alpha value is -1.29. The number of hydrogen-bond donors (Lipinski definition) is 2. The van der Waals surface area contributed by atoms with Crippen LogP contribution in [-0.4, -0.2) is 17.4 Å². The molecule has 0 bridgehead atoms. The van der Waals surface area contributed by atoms with Gasteiger partial charge in [-0.2, -0.15) is 0 Å². The number of hydrogen-bond acceptors (Lipinski definition) is 3. The van der Waals surface area contributed by atoms with E-state index in [1.165, 1.54) is 31.9 Å². The number of rotatable bonds is 3. The van der Waals surface area contributed by atoms with Crippen LogP contribution >= 0.6 is 12.4 Å². The molecular formula is C14H22ClN3O. The number of anilines is 1. The highest BCUT2D eigenvalue weighted by Gasteiger charge is 2.21. The van der Waals surface area contributed by atoms with Crippen molar-refractivity contribution in [2.45, 2.75) is 32.6 Å². The normalized spacial score (nSPS) is 22.4. The molecule has 0 aromatic carbocycles. The number of nitrogens with two attached hydrogens (primary N) is 1. The maximum absolute atomic E-state index is 11.9. The summed E-state index contributed by atoms with van der Waals surface area (Å²) in [5.74, 6) is 1.21. The van der Waals surface area contributed by atoms with Crippen LogP contribution in [-0.2, 0) is 0 Å². The Kier molecular flexibility index (Phi) is 6.09. The second-order valence-electron chi connectivity index (χ2n) is 5.21.